The van der Waals surface area contributed by atoms with Gasteiger partial charge in [-0.1, -0.05) is 0 Å². The summed E-state index contributed by atoms with van der Waals surface area (Å²) in [6.07, 6.45) is 1.79. The Morgan fingerprint density at radius 3 is 2.56 bits per heavy atom. The molecule has 0 heterocycles. The molecule has 1 aliphatic carbocycles. The van der Waals surface area contributed by atoms with E-state index in [-0.39, 0.29) is 18.8 Å². The van der Waals surface area contributed by atoms with Crippen LogP contribution in [0.25, 0.3) is 0 Å². The molecule has 0 spiro atoms. The highest BCUT2D eigenvalue weighted by molar-refractivity contribution is 6.05. The Kier molecular flexibility index (Phi) is 4.04. The van der Waals surface area contributed by atoms with Gasteiger partial charge in [0.25, 0.3) is 0 Å². The molecular weight excluding hydrogens is 212 g/mol. The van der Waals surface area contributed by atoms with Gasteiger partial charge in [0.05, 0.1) is 13.7 Å². The summed E-state index contributed by atoms with van der Waals surface area (Å²) >= 11 is 0. The van der Waals surface area contributed by atoms with Crippen LogP contribution in [0.5, 0.6) is 0 Å². The van der Waals surface area contributed by atoms with Crippen molar-refractivity contribution in [3.63, 3.8) is 0 Å². The predicted octanol–water partition coefficient (Wildman–Crippen LogP) is 0.852. The monoisotopic (exact) mass is 228 g/mol. The molecule has 1 fully saturated rings. The van der Waals surface area contributed by atoms with Crippen molar-refractivity contribution in [2.45, 2.75) is 32.6 Å². The average molecular weight is 228 g/mol. The highest BCUT2D eigenvalue weighted by atomic mass is 16.5. The van der Waals surface area contributed by atoms with Crippen LogP contribution in [0.15, 0.2) is 0 Å². The second kappa shape index (κ2) is 5.09. The molecule has 1 atom stereocenters. The van der Waals surface area contributed by atoms with E-state index in [9.17, 15) is 14.4 Å². The van der Waals surface area contributed by atoms with Crippen LogP contribution >= 0.6 is 0 Å². The van der Waals surface area contributed by atoms with Gasteiger partial charge in [-0.25, -0.2) is 0 Å². The quantitative estimate of drug-likeness (QED) is 0.527. The van der Waals surface area contributed by atoms with Gasteiger partial charge in [-0.3, -0.25) is 14.4 Å². The summed E-state index contributed by atoms with van der Waals surface area (Å²) < 4.78 is 9.44. The lowest BCUT2D eigenvalue weighted by Gasteiger charge is -2.23. The lowest BCUT2D eigenvalue weighted by atomic mass is 9.82. The van der Waals surface area contributed by atoms with E-state index in [1.165, 1.54) is 14.0 Å². The summed E-state index contributed by atoms with van der Waals surface area (Å²) in [5.41, 5.74) is -1.08. The molecule has 5 heteroatoms. The minimum Gasteiger partial charge on any atom is -0.468 e. The molecule has 0 bridgehead atoms. The van der Waals surface area contributed by atoms with Crippen molar-refractivity contribution >= 4 is 17.7 Å². The first-order valence-corrected chi connectivity index (χ1v) is 5.28. The molecule has 1 unspecified atom stereocenters. The molecule has 1 saturated carbocycles. The maximum absolute atomic E-state index is 11.7. The van der Waals surface area contributed by atoms with Gasteiger partial charge in [0.15, 0.2) is 0 Å². The number of esters is 2. The number of rotatable bonds is 4. The Morgan fingerprint density at radius 2 is 2.12 bits per heavy atom. The molecule has 0 amide bonds. The van der Waals surface area contributed by atoms with Gasteiger partial charge in [-0.2, -0.15) is 0 Å². The van der Waals surface area contributed by atoms with Gasteiger partial charge in [0, 0.05) is 19.8 Å². The summed E-state index contributed by atoms with van der Waals surface area (Å²) in [4.78, 5) is 34.0. The molecule has 90 valence electrons. The third-order valence-corrected chi connectivity index (χ3v) is 2.95. The number of hydrogen-bond acceptors (Lipinski definition) is 5. The van der Waals surface area contributed by atoms with E-state index in [1.807, 2.05) is 0 Å². The molecule has 0 saturated heterocycles. The minimum atomic E-state index is -1.08. The van der Waals surface area contributed by atoms with Gasteiger partial charge >= 0.3 is 11.9 Å². The number of ketones is 1. The topological polar surface area (TPSA) is 69.7 Å². The van der Waals surface area contributed by atoms with E-state index >= 15 is 0 Å². The molecule has 0 aromatic carbocycles. The summed E-state index contributed by atoms with van der Waals surface area (Å²) in [6, 6.07) is 0. The van der Waals surface area contributed by atoms with E-state index in [4.69, 9.17) is 4.74 Å². The summed E-state index contributed by atoms with van der Waals surface area (Å²) in [5, 5.41) is 0. The second-order valence-corrected chi connectivity index (χ2v) is 3.94. The Bertz CT molecular complexity index is 309. The number of carbonyl (C=O) groups excluding carboxylic acids is 3. The van der Waals surface area contributed by atoms with Gasteiger partial charge in [0.1, 0.15) is 11.2 Å². The van der Waals surface area contributed by atoms with Crippen molar-refractivity contribution in [1.29, 1.82) is 0 Å². The zero-order valence-corrected chi connectivity index (χ0v) is 9.58. The number of Topliss-reactive ketones (excluding diaryl/α,β-unsaturated/α-hetero) is 1. The van der Waals surface area contributed by atoms with Crippen LogP contribution in [0.1, 0.15) is 32.6 Å². The zero-order valence-electron chi connectivity index (χ0n) is 9.58. The third kappa shape index (κ3) is 2.40. The van der Waals surface area contributed by atoms with Crippen LogP contribution < -0.4 is 0 Å². The van der Waals surface area contributed by atoms with Crippen molar-refractivity contribution < 1.29 is 23.9 Å². The lowest BCUT2D eigenvalue weighted by molar-refractivity contribution is -0.159. The Labute approximate surface area is 94.1 Å². The molecule has 0 aromatic rings. The van der Waals surface area contributed by atoms with Crippen LogP contribution in [0.2, 0.25) is 0 Å². The van der Waals surface area contributed by atoms with Crippen LogP contribution in [0.4, 0.5) is 0 Å². The molecule has 0 N–H and O–H groups in total. The van der Waals surface area contributed by atoms with E-state index in [1.54, 1.807) is 0 Å². The molecule has 0 radical (unpaired) electrons. The number of ether oxygens (including phenoxy) is 2. The molecule has 1 rings (SSSR count). The molecular formula is C11H16O5. The summed E-state index contributed by atoms with van der Waals surface area (Å²) in [6.45, 7) is 1.37. The average Bonchev–Trinajstić information content (AvgIpc) is 2.60. The fourth-order valence-electron chi connectivity index (χ4n) is 2.08. The van der Waals surface area contributed by atoms with Gasteiger partial charge in [-0.05, 0) is 12.8 Å². The first kappa shape index (κ1) is 12.7. The van der Waals surface area contributed by atoms with Gasteiger partial charge in [-0.15, -0.1) is 0 Å². The van der Waals surface area contributed by atoms with E-state index < -0.39 is 17.4 Å². The van der Waals surface area contributed by atoms with E-state index in [0.717, 1.165) is 0 Å². The third-order valence-electron chi connectivity index (χ3n) is 2.95. The molecule has 5 nitrogen and oxygen atoms in total. The van der Waals surface area contributed by atoms with Crippen molar-refractivity contribution in [2.75, 3.05) is 13.7 Å². The molecule has 1 aliphatic rings. The standard InChI is InChI=1S/C11H16O5/c1-8(12)16-7-6-11(10(14)15-2)5-3-4-9(11)13/h3-7H2,1-2H3. The molecule has 0 aliphatic heterocycles. The summed E-state index contributed by atoms with van der Waals surface area (Å²) in [7, 11) is 1.27. The maximum Gasteiger partial charge on any atom is 0.319 e. The number of hydrogen-bond donors (Lipinski definition) is 0. The zero-order chi connectivity index (χ0) is 12.2. The minimum absolute atomic E-state index is 0.0795. The van der Waals surface area contributed by atoms with Crippen LogP contribution in [0.3, 0.4) is 0 Å². The van der Waals surface area contributed by atoms with Crippen molar-refractivity contribution in [2.24, 2.45) is 5.41 Å². The largest absolute Gasteiger partial charge is 0.468 e. The Morgan fingerprint density at radius 1 is 1.44 bits per heavy atom. The van der Waals surface area contributed by atoms with Crippen LogP contribution in [0, 0.1) is 5.41 Å². The van der Waals surface area contributed by atoms with E-state index in [2.05, 4.69) is 4.74 Å². The Hall–Kier alpha value is -1.39. The normalized spacial score (nSPS) is 24.2. The van der Waals surface area contributed by atoms with E-state index in [0.29, 0.717) is 19.3 Å². The summed E-state index contributed by atoms with van der Waals surface area (Å²) in [5.74, 6) is -1.03. The molecule has 16 heavy (non-hydrogen) atoms. The fourth-order valence-corrected chi connectivity index (χ4v) is 2.08. The van der Waals surface area contributed by atoms with Crippen LogP contribution in [-0.4, -0.2) is 31.4 Å². The maximum atomic E-state index is 11.7. The predicted molar refractivity (Wildman–Crippen MR) is 54.6 cm³/mol. The van der Waals surface area contributed by atoms with Crippen molar-refractivity contribution in [1.82, 2.24) is 0 Å². The number of methoxy groups -OCH3 is 1. The SMILES string of the molecule is COC(=O)C1(CCOC(C)=O)CCCC1=O. The van der Waals surface area contributed by atoms with Crippen LogP contribution in [-0.2, 0) is 23.9 Å². The van der Waals surface area contributed by atoms with Gasteiger partial charge < -0.3 is 9.47 Å². The van der Waals surface area contributed by atoms with Crippen molar-refractivity contribution in [3.05, 3.63) is 0 Å². The number of carbonyl (C=O) groups is 3. The fraction of sp³-hybridized carbons (Fsp3) is 0.727. The lowest BCUT2D eigenvalue weighted by Crippen LogP contribution is -2.37. The molecule has 0 aromatic heterocycles. The second-order valence-electron chi connectivity index (χ2n) is 3.94. The first-order valence-electron chi connectivity index (χ1n) is 5.28. The van der Waals surface area contributed by atoms with Crippen molar-refractivity contribution in [3.8, 4) is 0 Å². The van der Waals surface area contributed by atoms with Gasteiger partial charge in [0.2, 0.25) is 0 Å². The highest BCUT2D eigenvalue weighted by Crippen LogP contribution is 2.39. The Balaban J connectivity index is 2.68. The highest BCUT2D eigenvalue weighted by Gasteiger charge is 2.49. The smallest absolute Gasteiger partial charge is 0.319 e. The first-order chi connectivity index (χ1) is 7.53.